The van der Waals surface area contributed by atoms with Gasteiger partial charge in [-0.2, -0.15) is 0 Å². The van der Waals surface area contributed by atoms with E-state index in [0.717, 1.165) is 31.9 Å². The van der Waals surface area contributed by atoms with E-state index in [1.807, 2.05) is 31.3 Å². The van der Waals surface area contributed by atoms with Crippen molar-refractivity contribution in [3.63, 3.8) is 0 Å². The summed E-state index contributed by atoms with van der Waals surface area (Å²) in [5, 5.41) is 3.72. The maximum absolute atomic E-state index is 5.83. The standard InChI is InChI=1S/C12H18ClNO2/c1-14-6-9-15-7-3-8-16-12-5-2-4-11(13)10-12/h2,4-5,10,14H,3,6-9H2,1H3. The van der Waals surface area contributed by atoms with E-state index >= 15 is 0 Å². The van der Waals surface area contributed by atoms with Gasteiger partial charge in [-0.05, 0) is 25.2 Å². The third-order valence-corrected chi connectivity index (χ3v) is 2.23. The summed E-state index contributed by atoms with van der Waals surface area (Å²) in [5.41, 5.74) is 0. The molecule has 0 unspecified atom stereocenters. The lowest BCUT2D eigenvalue weighted by atomic mass is 10.3. The number of rotatable bonds is 8. The highest BCUT2D eigenvalue weighted by Gasteiger charge is 1.94. The molecule has 0 aliphatic rings. The molecule has 1 N–H and O–H groups in total. The van der Waals surface area contributed by atoms with Crippen LogP contribution in [0.1, 0.15) is 6.42 Å². The van der Waals surface area contributed by atoms with Gasteiger partial charge in [0.2, 0.25) is 0 Å². The SMILES string of the molecule is CNCCOCCCOc1cccc(Cl)c1. The van der Waals surface area contributed by atoms with Gasteiger partial charge >= 0.3 is 0 Å². The van der Waals surface area contributed by atoms with Gasteiger partial charge in [-0.25, -0.2) is 0 Å². The zero-order valence-corrected chi connectivity index (χ0v) is 10.3. The Labute approximate surface area is 102 Å². The predicted octanol–water partition coefficient (Wildman–Crippen LogP) is 2.34. The number of hydrogen-bond donors (Lipinski definition) is 1. The highest BCUT2D eigenvalue weighted by atomic mass is 35.5. The average molecular weight is 244 g/mol. The molecule has 0 bridgehead atoms. The third kappa shape index (κ3) is 5.95. The van der Waals surface area contributed by atoms with Gasteiger partial charge in [0.05, 0.1) is 13.2 Å². The summed E-state index contributed by atoms with van der Waals surface area (Å²) >= 11 is 5.83. The molecule has 4 heteroatoms. The van der Waals surface area contributed by atoms with Crippen LogP contribution in [0.5, 0.6) is 5.75 Å². The Morgan fingerprint density at radius 3 is 2.88 bits per heavy atom. The second-order valence-electron chi connectivity index (χ2n) is 3.38. The second-order valence-corrected chi connectivity index (χ2v) is 3.81. The van der Waals surface area contributed by atoms with Gasteiger partial charge in [0, 0.05) is 24.6 Å². The van der Waals surface area contributed by atoms with Crippen LogP contribution >= 0.6 is 11.6 Å². The zero-order valence-electron chi connectivity index (χ0n) is 9.54. The fourth-order valence-electron chi connectivity index (χ4n) is 1.18. The summed E-state index contributed by atoms with van der Waals surface area (Å²) in [5.74, 6) is 0.808. The summed E-state index contributed by atoms with van der Waals surface area (Å²) < 4.78 is 10.9. The topological polar surface area (TPSA) is 30.5 Å². The summed E-state index contributed by atoms with van der Waals surface area (Å²) in [4.78, 5) is 0. The molecular weight excluding hydrogens is 226 g/mol. The fourth-order valence-corrected chi connectivity index (χ4v) is 1.36. The molecule has 0 saturated heterocycles. The van der Waals surface area contributed by atoms with Crippen LogP contribution in [0.4, 0.5) is 0 Å². The van der Waals surface area contributed by atoms with E-state index in [-0.39, 0.29) is 0 Å². The molecule has 0 amide bonds. The van der Waals surface area contributed by atoms with Gasteiger partial charge in [-0.1, -0.05) is 17.7 Å². The molecule has 0 aliphatic heterocycles. The predicted molar refractivity (Wildman–Crippen MR) is 66.3 cm³/mol. The Balaban J connectivity index is 2.03. The van der Waals surface area contributed by atoms with Gasteiger partial charge < -0.3 is 14.8 Å². The van der Waals surface area contributed by atoms with Gasteiger partial charge in [0.25, 0.3) is 0 Å². The maximum Gasteiger partial charge on any atom is 0.120 e. The molecule has 0 aliphatic carbocycles. The van der Waals surface area contributed by atoms with Crippen LogP contribution in [-0.2, 0) is 4.74 Å². The van der Waals surface area contributed by atoms with Crippen molar-refractivity contribution in [2.24, 2.45) is 0 Å². The van der Waals surface area contributed by atoms with Crippen LogP contribution in [-0.4, -0.2) is 33.4 Å². The number of ether oxygens (including phenoxy) is 2. The first kappa shape index (κ1) is 13.3. The largest absolute Gasteiger partial charge is 0.493 e. The van der Waals surface area contributed by atoms with Gasteiger partial charge in [0.1, 0.15) is 5.75 Å². The van der Waals surface area contributed by atoms with E-state index in [2.05, 4.69) is 5.32 Å². The lowest BCUT2D eigenvalue weighted by Crippen LogP contribution is -2.15. The van der Waals surface area contributed by atoms with Crippen molar-refractivity contribution in [1.29, 1.82) is 0 Å². The van der Waals surface area contributed by atoms with Gasteiger partial charge in [0.15, 0.2) is 0 Å². The molecular formula is C12H18ClNO2. The molecule has 0 saturated carbocycles. The Bertz CT molecular complexity index is 294. The Hall–Kier alpha value is -0.770. The van der Waals surface area contributed by atoms with Gasteiger partial charge in [-0.3, -0.25) is 0 Å². The lowest BCUT2D eigenvalue weighted by Gasteiger charge is -2.07. The summed E-state index contributed by atoms with van der Waals surface area (Å²) in [6, 6.07) is 7.41. The fraction of sp³-hybridized carbons (Fsp3) is 0.500. The molecule has 1 rings (SSSR count). The molecule has 0 spiro atoms. The number of likely N-dealkylation sites (N-methyl/N-ethyl adjacent to an activating group) is 1. The zero-order chi connectivity index (χ0) is 11.6. The number of nitrogens with one attached hydrogen (secondary N) is 1. The monoisotopic (exact) mass is 243 g/mol. The van der Waals surface area contributed by atoms with E-state index < -0.39 is 0 Å². The van der Waals surface area contributed by atoms with Crippen molar-refractivity contribution in [1.82, 2.24) is 5.32 Å². The van der Waals surface area contributed by atoms with Crippen molar-refractivity contribution < 1.29 is 9.47 Å². The summed E-state index contributed by atoms with van der Waals surface area (Å²) in [6.45, 7) is 3.00. The van der Waals surface area contributed by atoms with E-state index in [1.54, 1.807) is 0 Å². The van der Waals surface area contributed by atoms with E-state index in [4.69, 9.17) is 21.1 Å². The van der Waals surface area contributed by atoms with Crippen molar-refractivity contribution >= 4 is 11.6 Å². The molecule has 90 valence electrons. The first-order chi connectivity index (χ1) is 7.83. The Morgan fingerprint density at radius 1 is 1.25 bits per heavy atom. The van der Waals surface area contributed by atoms with Crippen molar-refractivity contribution in [3.8, 4) is 5.75 Å². The van der Waals surface area contributed by atoms with E-state index in [0.29, 0.717) is 11.6 Å². The molecule has 3 nitrogen and oxygen atoms in total. The lowest BCUT2D eigenvalue weighted by molar-refractivity contribution is 0.122. The minimum atomic E-state index is 0.653. The quantitative estimate of drug-likeness (QED) is 0.711. The minimum absolute atomic E-state index is 0.653. The smallest absolute Gasteiger partial charge is 0.120 e. The Kier molecular flexibility index (Phi) is 6.97. The minimum Gasteiger partial charge on any atom is -0.493 e. The summed E-state index contributed by atoms with van der Waals surface area (Å²) in [6.07, 6.45) is 0.885. The molecule has 16 heavy (non-hydrogen) atoms. The Morgan fingerprint density at radius 2 is 2.12 bits per heavy atom. The first-order valence-electron chi connectivity index (χ1n) is 5.43. The van der Waals surface area contributed by atoms with Crippen LogP contribution in [0.3, 0.4) is 0 Å². The highest BCUT2D eigenvalue weighted by Crippen LogP contribution is 2.16. The number of halogens is 1. The molecule has 0 radical (unpaired) electrons. The molecule has 1 aromatic carbocycles. The molecule has 0 atom stereocenters. The normalized spacial score (nSPS) is 10.4. The maximum atomic E-state index is 5.83. The highest BCUT2D eigenvalue weighted by molar-refractivity contribution is 6.30. The third-order valence-electron chi connectivity index (χ3n) is 1.99. The van der Waals surface area contributed by atoms with Gasteiger partial charge in [-0.15, -0.1) is 0 Å². The second kappa shape index (κ2) is 8.39. The first-order valence-corrected chi connectivity index (χ1v) is 5.81. The molecule has 0 fully saturated rings. The molecule has 0 heterocycles. The van der Waals surface area contributed by atoms with Crippen LogP contribution < -0.4 is 10.1 Å². The van der Waals surface area contributed by atoms with Crippen LogP contribution in [0, 0.1) is 0 Å². The van der Waals surface area contributed by atoms with Crippen molar-refractivity contribution in [2.75, 3.05) is 33.4 Å². The molecule has 0 aromatic heterocycles. The number of benzene rings is 1. The van der Waals surface area contributed by atoms with Crippen molar-refractivity contribution in [2.45, 2.75) is 6.42 Å². The summed E-state index contributed by atoms with van der Waals surface area (Å²) in [7, 11) is 1.91. The van der Waals surface area contributed by atoms with E-state index in [1.165, 1.54) is 0 Å². The van der Waals surface area contributed by atoms with E-state index in [9.17, 15) is 0 Å². The molecule has 1 aromatic rings. The van der Waals surface area contributed by atoms with Crippen LogP contribution in [0.2, 0.25) is 5.02 Å². The average Bonchev–Trinajstić information content (AvgIpc) is 2.28. The van der Waals surface area contributed by atoms with Crippen LogP contribution in [0.25, 0.3) is 0 Å². The van der Waals surface area contributed by atoms with Crippen LogP contribution in [0.15, 0.2) is 24.3 Å². The number of hydrogen-bond acceptors (Lipinski definition) is 3. The van der Waals surface area contributed by atoms with Crippen molar-refractivity contribution in [3.05, 3.63) is 29.3 Å².